The molecule has 3 heterocycles. The molecule has 2 aromatic rings. The molecule has 2 aromatic heterocycles. The van der Waals surface area contributed by atoms with Gasteiger partial charge in [0.25, 0.3) is 15.9 Å². The number of aromatic nitrogens is 1. The highest BCUT2D eigenvalue weighted by Gasteiger charge is 2.35. The standard InChI is InChI=1S/C25H32N4O5S2/c30-22-16-29(36(33,34)23-10-4-5-12-26-23)13-6-9-20(22)27-25(32)21(15-18-7-2-1-3-8-18)28-24(31)19-11-14-35-17-19/h4-5,10-12,14,17-18,20-21H,1-3,6-9,13,15-16H2,(H,27,32)(H,28,31)/t20-,21?/m0/s1. The number of nitrogens with zero attached hydrogens (tertiary/aromatic N) is 2. The first-order chi connectivity index (χ1) is 17.3. The molecule has 0 spiro atoms. The molecule has 9 nitrogen and oxygen atoms in total. The number of Topliss-reactive ketones (excluding diaryl/α,β-unsaturated/α-hetero) is 1. The summed E-state index contributed by atoms with van der Waals surface area (Å²) in [7, 11) is -3.91. The van der Waals surface area contributed by atoms with Gasteiger partial charge in [-0.3, -0.25) is 14.4 Å². The van der Waals surface area contributed by atoms with Crippen LogP contribution in [0.3, 0.4) is 0 Å². The maximum absolute atomic E-state index is 13.3. The van der Waals surface area contributed by atoms with Crippen molar-refractivity contribution >= 4 is 39.0 Å². The zero-order valence-electron chi connectivity index (χ0n) is 20.1. The first kappa shape index (κ1) is 26.4. The number of hydrogen-bond acceptors (Lipinski definition) is 7. The van der Waals surface area contributed by atoms with Crippen LogP contribution in [-0.4, -0.2) is 60.5 Å². The number of ketones is 1. The predicted octanol–water partition coefficient (Wildman–Crippen LogP) is 2.75. The number of sulfonamides is 1. The van der Waals surface area contributed by atoms with Gasteiger partial charge in [-0.05, 0) is 48.8 Å². The Morgan fingerprint density at radius 3 is 2.61 bits per heavy atom. The lowest BCUT2D eigenvalue weighted by atomic mass is 9.84. The monoisotopic (exact) mass is 532 g/mol. The largest absolute Gasteiger partial charge is 0.344 e. The average Bonchev–Trinajstić information content (AvgIpc) is 3.36. The third-order valence-corrected chi connectivity index (χ3v) is 9.32. The number of thiophene rings is 1. The SMILES string of the molecule is O=C(NC(CC1CCCCC1)C(=O)N[C@H]1CCCN(S(=O)(=O)c2ccccn2)CC1=O)c1ccsc1. The molecule has 11 heteroatoms. The van der Waals surface area contributed by atoms with Crippen molar-refractivity contribution in [2.45, 2.75) is 68.5 Å². The zero-order chi connectivity index (χ0) is 25.5. The molecule has 36 heavy (non-hydrogen) atoms. The first-order valence-corrected chi connectivity index (χ1v) is 14.8. The molecule has 1 aliphatic heterocycles. The van der Waals surface area contributed by atoms with Gasteiger partial charge in [-0.2, -0.15) is 15.6 Å². The Morgan fingerprint density at radius 2 is 1.92 bits per heavy atom. The van der Waals surface area contributed by atoms with Gasteiger partial charge >= 0.3 is 0 Å². The van der Waals surface area contributed by atoms with E-state index in [1.54, 1.807) is 29.0 Å². The number of nitrogens with one attached hydrogen (secondary N) is 2. The number of pyridine rings is 1. The molecule has 1 aliphatic carbocycles. The van der Waals surface area contributed by atoms with Gasteiger partial charge < -0.3 is 10.6 Å². The quantitative estimate of drug-likeness (QED) is 0.539. The van der Waals surface area contributed by atoms with E-state index in [0.717, 1.165) is 30.0 Å². The molecule has 2 fully saturated rings. The number of carbonyl (C=O) groups excluding carboxylic acids is 3. The molecule has 2 atom stereocenters. The van der Waals surface area contributed by atoms with Crippen molar-refractivity contribution in [3.05, 3.63) is 46.8 Å². The summed E-state index contributed by atoms with van der Waals surface area (Å²) in [5, 5.41) is 9.12. The van der Waals surface area contributed by atoms with Crippen molar-refractivity contribution in [1.82, 2.24) is 19.9 Å². The van der Waals surface area contributed by atoms with E-state index in [2.05, 4.69) is 15.6 Å². The van der Waals surface area contributed by atoms with Crippen molar-refractivity contribution in [2.75, 3.05) is 13.1 Å². The summed E-state index contributed by atoms with van der Waals surface area (Å²) in [4.78, 5) is 43.0. The lowest BCUT2D eigenvalue weighted by molar-refractivity contribution is -0.129. The second-order valence-corrected chi connectivity index (χ2v) is 12.1. The Balaban J connectivity index is 1.43. The molecule has 2 amide bonds. The van der Waals surface area contributed by atoms with E-state index in [4.69, 9.17) is 0 Å². The second kappa shape index (κ2) is 12.1. The third-order valence-electron chi connectivity index (χ3n) is 6.88. The summed E-state index contributed by atoms with van der Waals surface area (Å²) in [5.74, 6) is -0.752. The van der Waals surface area contributed by atoms with Crippen LogP contribution in [0.2, 0.25) is 0 Å². The van der Waals surface area contributed by atoms with Gasteiger partial charge in [0.1, 0.15) is 6.04 Å². The van der Waals surface area contributed by atoms with Crippen molar-refractivity contribution in [3.63, 3.8) is 0 Å². The molecule has 0 aromatic carbocycles. The molecule has 1 saturated heterocycles. The average molecular weight is 533 g/mol. The molecule has 1 unspecified atom stereocenters. The molecule has 194 valence electrons. The molecule has 1 saturated carbocycles. The molecule has 2 N–H and O–H groups in total. The van der Waals surface area contributed by atoms with E-state index >= 15 is 0 Å². The van der Waals surface area contributed by atoms with E-state index in [0.29, 0.717) is 30.7 Å². The van der Waals surface area contributed by atoms with Crippen LogP contribution >= 0.6 is 11.3 Å². The van der Waals surface area contributed by atoms with Crippen LogP contribution in [-0.2, 0) is 19.6 Å². The smallest absolute Gasteiger partial charge is 0.260 e. The summed E-state index contributed by atoms with van der Waals surface area (Å²) in [6.07, 6.45) is 8.09. The normalized spacial score (nSPS) is 20.9. The van der Waals surface area contributed by atoms with Gasteiger partial charge in [0.05, 0.1) is 18.2 Å². The Kier molecular flexibility index (Phi) is 8.86. The molecular formula is C25H32N4O5S2. The Hall–Kier alpha value is -2.63. The highest BCUT2D eigenvalue weighted by atomic mass is 32.2. The van der Waals surface area contributed by atoms with Crippen molar-refractivity contribution in [3.8, 4) is 0 Å². The van der Waals surface area contributed by atoms with Crippen LogP contribution in [0.15, 0.2) is 46.2 Å². The van der Waals surface area contributed by atoms with Gasteiger partial charge in [0, 0.05) is 18.1 Å². The van der Waals surface area contributed by atoms with Gasteiger partial charge in [-0.15, -0.1) is 0 Å². The van der Waals surface area contributed by atoms with Crippen LogP contribution < -0.4 is 10.6 Å². The lowest BCUT2D eigenvalue weighted by Gasteiger charge is -2.28. The van der Waals surface area contributed by atoms with Crippen LogP contribution in [0.5, 0.6) is 0 Å². The van der Waals surface area contributed by atoms with E-state index < -0.39 is 28.0 Å². The van der Waals surface area contributed by atoms with E-state index in [9.17, 15) is 22.8 Å². The van der Waals surface area contributed by atoms with Crippen LogP contribution in [0.25, 0.3) is 0 Å². The highest BCUT2D eigenvalue weighted by molar-refractivity contribution is 7.89. The number of hydrogen-bond donors (Lipinski definition) is 2. The predicted molar refractivity (Wildman–Crippen MR) is 136 cm³/mol. The van der Waals surface area contributed by atoms with Gasteiger partial charge in [0.15, 0.2) is 10.8 Å². The van der Waals surface area contributed by atoms with Crippen molar-refractivity contribution in [1.29, 1.82) is 0 Å². The summed E-state index contributed by atoms with van der Waals surface area (Å²) in [5.41, 5.74) is 0.502. The Labute approximate surface area is 215 Å². The number of carbonyl (C=O) groups is 3. The van der Waals surface area contributed by atoms with Crippen LogP contribution in [0, 0.1) is 5.92 Å². The maximum atomic E-state index is 13.3. The highest BCUT2D eigenvalue weighted by Crippen LogP contribution is 2.28. The summed E-state index contributed by atoms with van der Waals surface area (Å²) >= 11 is 1.41. The van der Waals surface area contributed by atoms with Crippen LogP contribution in [0.1, 0.15) is 61.7 Å². The molecule has 4 rings (SSSR count). The van der Waals surface area contributed by atoms with Crippen LogP contribution in [0.4, 0.5) is 0 Å². The summed E-state index contributed by atoms with van der Waals surface area (Å²) in [6.45, 7) is -0.171. The maximum Gasteiger partial charge on any atom is 0.260 e. The minimum absolute atomic E-state index is 0.107. The Morgan fingerprint density at radius 1 is 1.11 bits per heavy atom. The van der Waals surface area contributed by atoms with E-state index in [-0.39, 0.29) is 29.8 Å². The number of amides is 2. The van der Waals surface area contributed by atoms with E-state index in [1.165, 1.54) is 30.0 Å². The molecular weight excluding hydrogens is 500 g/mol. The van der Waals surface area contributed by atoms with E-state index in [1.807, 2.05) is 0 Å². The van der Waals surface area contributed by atoms with Crippen molar-refractivity contribution in [2.24, 2.45) is 5.92 Å². The zero-order valence-corrected chi connectivity index (χ0v) is 21.7. The van der Waals surface area contributed by atoms with Gasteiger partial charge in [0.2, 0.25) is 5.91 Å². The summed E-state index contributed by atoms with van der Waals surface area (Å²) in [6, 6.07) is 4.74. The second-order valence-electron chi connectivity index (χ2n) is 9.45. The van der Waals surface area contributed by atoms with Gasteiger partial charge in [-0.1, -0.05) is 38.2 Å². The topological polar surface area (TPSA) is 126 Å². The molecule has 0 radical (unpaired) electrons. The van der Waals surface area contributed by atoms with Crippen molar-refractivity contribution < 1.29 is 22.8 Å². The fraction of sp³-hybridized carbons (Fsp3) is 0.520. The lowest BCUT2D eigenvalue weighted by Crippen LogP contribution is -2.53. The molecule has 0 bridgehead atoms. The fourth-order valence-electron chi connectivity index (χ4n) is 4.88. The fourth-order valence-corrected chi connectivity index (χ4v) is 6.89. The Bertz CT molecular complexity index is 1150. The first-order valence-electron chi connectivity index (χ1n) is 12.4. The molecule has 2 aliphatic rings. The number of rotatable bonds is 8. The third kappa shape index (κ3) is 6.57. The summed E-state index contributed by atoms with van der Waals surface area (Å²) < 4.78 is 27.0. The minimum Gasteiger partial charge on any atom is -0.344 e. The minimum atomic E-state index is -3.91. The van der Waals surface area contributed by atoms with Gasteiger partial charge in [-0.25, -0.2) is 13.4 Å².